The molecule has 1 heterocycles. The van der Waals surface area contributed by atoms with Crippen molar-refractivity contribution in [2.24, 2.45) is 0 Å². The quantitative estimate of drug-likeness (QED) is 0.866. The minimum Gasteiger partial charge on any atom is -0.207 e. The summed E-state index contributed by atoms with van der Waals surface area (Å²) < 4.78 is 41.4. The Bertz CT molecular complexity index is 789. The molecule has 2 aromatic rings. The van der Waals surface area contributed by atoms with Crippen LogP contribution in [0.15, 0.2) is 53.4 Å². The van der Waals surface area contributed by atoms with Gasteiger partial charge in [0, 0.05) is 12.1 Å². The van der Waals surface area contributed by atoms with Crippen LogP contribution in [0.5, 0.6) is 0 Å². The average Bonchev–Trinajstić information content (AvgIpc) is 2.98. The third kappa shape index (κ3) is 2.55. The number of rotatable bonds is 3. The zero-order valence-electron chi connectivity index (χ0n) is 12.4. The van der Waals surface area contributed by atoms with Gasteiger partial charge in [-0.25, -0.2) is 12.8 Å². The van der Waals surface area contributed by atoms with E-state index in [1.165, 1.54) is 10.4 Å². The molecule has 1 aliphatic heterocycles. The van der Waals surface area contributed by atoms with Crippen LogP contribution in [0.1, 0.15) is 30.0 Å². The highest BCUT2D eigenvalue weighted by molar-refractivity contribution is 7.89. The number of halogens is 1. The predicted molar refractivity (Wildman–Crippen MR) is 83.4 cm³/mol. The van der Waals surface area contributed by atoms with Crippen LogP contribution in [0, 0.1) is 12.7 Å². The van der Waals surface area contributed by atoms with Crippen molar-refractivity contribution in [3.63, 3.8) is 0 Å². The van der Waals surface area contributed by atoms with Gasteiger partial charge in [0.25, 0.3) is 0 Å². The molecular formula is C17H18FNO2S. The number of nitrogens with zero attached hydrogens (tertiary/aromatic N) is 1. The van der Waals surface area contributed by atoms with Gasteiger partial charge in [0.05, 0.1) is 10.9 Å². The average molecular weight is 319 g/mol. The molecule has 0 spiro atoms. The molecule has 116 valence electrons. The molecule has 2 aromatic carbocycles. The predicted octanol–water partition coefficient (Wildman–Crippen LogP) is 3.66. The Morgan fingerprint density at radius 1 is 1.09 bits per heavy atom. The lowest BCUT2D eigenvalue weighted by Crippen LogP contribution is -2.31. The van der Waals surface area contributed by atoms with Crippen molar-refractivity contribution in [1.82, 2.24) is 4.31 Å². The molecule has 0 aromatic heterocycles. The highest BCUT2D eigenvalue weighted by Crippen LogP contribution is 2.37. The van der Waals surface area contributed by atoms with E-state index in [2.05, 4.69) is 0 Å². The standard InChI is InChI=1S/C17H18FNO2S/c1-13-7-2-5-11-17(13)22(20,21)19-12-6-10-16(19)14-8-3-4-9-15(14)18/h2-5,7-9,11,16H,6,10,12H2,1H3/t16-/m0/s1. The maximum atomic E-state index is 14.1. The topological polar surface area (TPSA) is 37.4 Å². The summed E-state index contributed by atoms with van der Waals surface area (Å²) in [7, 11) is -3.62. The molecule has 0 aliphatic carbocycles. The fraction of sp³-hybridized carbons (Fsp3) is 0.294. The van der Waals surface area contributed by atoms with Gasteiger partial charge in [0.1, 0.15) is 5.82 Å². The third-order valence-corrected chi connectivity index (χ3v) is 6.22. The molecule has 0 amide bonds. The van der Waals surface area contributed by atoms with Crippen LogP contribution in [0.25, 0.3) is 0 Å². The third-order valence-electron chi connectivity index (χ3n) is 4.15. The van der Waals surface area contributed by atoms with Crippen LogP contribution < -0.4 is 0 Å². The van der Waals surface area contributed by atoms with E-state index in [4.69, 9.17) is 0 Å². The molecule has 0 saturated carbocycles. The maximum Gasteiger partial charge on any atom is 0.243 e. The number of aryl methyl sites for hydroxylation is 1. The van der Waals surface area contributed by atoms with Crippen LogP contribution in [-0.2, 0) is 10.0 Å². The molecule has 0 bridgehead atoms. The Morgan fingerprint density at radius 3 is 2.50 bits per heavy atom. The molecule has 1 aliphatic rings. The molecule has 1 atom stereocenters. The second-order valence-electron chi connectivity index (χ2n) is 5.56. The second-order valence-corrected chi connectivity index (χ2v) is 7.42. The summed E-state index contributed by atoms with van der Waals surface area (Å²) in [6, 6.07) is 12.9. The Labute approximate surface area is 130 Å². The smallest absolute Gasteiger partial charge is 0.207 e. The molecule has 0 radical (unpaired) electrons. The Morgan fingerprint density at radius 2 is 1.77 bits per heavy atom. The van der Waals surface area contributed by atoms with Gasteiger partial charge >= 0.3 is 0 Å². The molecule has 1 saturated heterocycles. The highest BCUT2D eigenvalue weighted by atomic mass is 32.2. The van der Waals surface area contributed by atoms with E-state index in [0.717, 1.165) is 6.42 Å². The fourth-order valence-electron chi connectivity index (χ4n) is 3.06. The monoisotopic (exact) mass is 319 g/mol. The molecule has 0 N–H and O–H groups in total. The molecule has 3 nitrogen and oxygen atoms in total. The van der Waals surface area contributed by atoms with Crippen LogP contribution >= 0.6 is 0 Å². The van der Waals surface area contributed by atoms with Crippen LogP contribution in [0.4, 0.5) is 4.39 Å². The first kappa shape index (κ1) is 15.2. The van der Waals surface area contributed by atoms with Gasteiger partial charge in [-0.2, -0.15) is 4.31 Å². The summed E-state index contributed by atoms with van der Waals surface area (Å²) in [6.07, 6.45) is 1.39. The normalized spacial score (nSPS) is 19.5. The Balaban J connectivity index is 2.04. The zero-order valence-corrected chi connectivity index (χ0v) is 13.2. The largest absolute Gasteiger partial charge is 0.243 e. The van der Waals surface area contributed by atoms with Gasteiger partial charge in [-0.3, -0.25) is 0 Å². The van der Waals surface area contributed by atoms with Gasteiger partial charge in [0.2, 0.25) is 10.0 Å². The highest BCUT2D eigenvalue weighted by Gasteiger charge is 2.37. The van der Waals surface area contributed by atoms with Crippen molar-refractivity contribution in [2.45, 2.75) is 30.7 Å². The van der Waals surface area contributed by atoms with E-state index < -0.39 is 16.1 Å². The van der Waals surface area contributed by atoms with Gasteiger partial charge in [-0.15, -0.1) is 0 Å². The van der Waals surface area contributed by atoms with Crippen molar-refractivity contribution in [1.29, 1.82) is 0 Å². The van der Waals surface area contributed by atoms with E-state index in [1.807, 2.05) is 6.07 Å². The number of benzene rings is 2. The van der Waals surface area contributed by atoms with E-state index in [-0.39, 0.29) is 5.82 Å². The van der Waals surface area contributed by atoms with Gasteiger partial charge in [-0.1, -0.05) is 36.4 Å². The van der Waals surface area contributed by atoms with Crippen molar-refractivity contribution >= 4 is 10.0 Å². The first-order chi connectivity index (χ1) is 10.5. The first-order valence-corrected chi connectivity index (χ1v) is 8.78. The Kier molecular flexibility index (Phi) is 4.02. The molecule has 22 heavy (non-hydrogen) atoms. The van der Waals surface area contributed by atoms with Crippen molar-refractivity contribution in [3.8, 4) is 0 Å². The minimum absolute atomic E-state index is 0.304. The SMILES string of the molecule is Cc1ccccc1S(=O)(=O)N1CCC[C@H]1c1ccccc1F. The number of hydrogen-bond acceptors (Lipinski definition) is 2. The number of sulfonamides is 1. The van der Waals surface area contributed by atoms with Gasteiger partial charge in [-0.05, 0) is 37.5 Å². The molecule has 1 fully saturated rings. The minimum atomic E-state index is -3.62. The lowest BCUT2D eigenvalue weighted by atomic mass is 10.1. The van der Waals surface area contributed by atoms with Crippen LogP contribution in [0.3, 0.4) is 0 Å². The van der Waals surface area contributed by atoms with Crippen molar-refractivity contribution in [2.75, 3.05) is 6.54 Å². The van der Waals surface area contributed by atoms with Gasteiger partial charge < -0.3 is 0 Å². The van der Waals surface area contributed by atoms with Gasteiger partial charge in [0.15, 0.2) is 0 Å². The van der Waals surface area contributed by atoms with Crippen molar-refractivity contribution < 1.29 is 12.8 Å². The lowest BCUT2D eigenvalue weighted by Gasteiger charge is -2.25. The summed E-state index contributed by atoms with van der Waals surface area (Å²) >= 11 is 0. The van der Waals surface area contributed by atoms with E-state index in [0.29, 0.717) is 29.0 Å². The summed E-state index contributed by atoms with van der Waals surface area (Å²) in [5.74, 6) is -0.348. The van der Waals surface area contributed by atoms with E-state index >= 15 is 0 Å². The maximum absolute atomic E-state index is 14.1. The zero-order chi connectivity index (χ0) is 15.7. The molecular weight excluding hydrogens is 301 g/mol. The summed E-state index contributed by atoms with van der Waals surface area (Å²) in [5.41, 5.74) is 1.17. The fourth-order valence-corrected chi connectivity index (χ4v) is 4.96. The lowest BCUT2D eigenvalue weighted by molar-refractivity contribution is 0.386. The molecule has 5 heteroatoms. The van der Waals surface area contributed by atoms with Crippen LogP contribution in [0.2, 0.25) is 0 Å². The first-order valence-electron chi connectivity index (χ1n) is 7.34. The molecule has 3 rings (SSSR count). The molecule has 0 unspecified atom stereocenters. The van der Waals surface area contributed by atoms with Crippen LogP contribution in [-0.4, -0.2) is 19.3 Å². The second kappa shape index (κ2) is 5.82. The van der Waals surface area contributed by atoms with E-state index in [1.54, 1.807) is 43.3 Å². The van der Waals surface area contributed by atoms with E-state index in [9.17, 15) is 12.8 Å². The summed E-state index contributed by atoms with van der Waals surface area (Å²) in [6.45, 7) is 2.21. The number of hydrogen-bond donors (Lipinski definition) is 0. The van der Waals surface area contributed by atoms with Crippen molar-refractivity contribution in [3.05, 3.63) is 65.5 Å². The summed E-state index contributed by atoms with van der Waals surface area (Å²) in [4.78, 5) is 0.304. The summed E-state index contributed by atoms with van der Waals surface area (Å²) in [5, 5.41) is 0. The Hall–Kier alpha value is -1.72.